The first-order valence-electron chi connectivity index (χ1n) is 7.14. The molecule has 13 heteroatoms. The Bertz CT molecular complexity index is 749. The van der Waals surface area contributed by atoms with Crippen molar-refractivity contribution in [3.63, 3.8) is 0 Å². The Hall–Kier alpha value is -2.05. The van der Waals surface area contributed by atoms with E-state index in [-0.39, 0.29) is 48.2 Å². The van der Waals surface area contributed by atoms with E-state index in [1.165, 1.54) is 0 Å². The van der Waals surface area contributed by atoms with Crippen molar-refractivity contribution in [2.45, 2.75) is 34.5 Å². The van der Waals surface area contributed by atoms with Crippen LogP contribution in [0.25, 0.3) is 0 Å². The third-order valence-electron chi connectivity index (χ3n) is 3.36. The van der Waals surface area contributed by atoms with Gasteiger partial charge in [-0.3, -0.25) is 0 Å². The van der Waals surface area contributed by atoms with Crippen LogP contribution in [0.5, 0.6) is 0 Å². The van der Waals surface area contributed by atoms with Gasteiger partial charge in [-0.1, -0.05) is 11.8 Å². The third-order valence-corrected chi connectivity index (χ3v) is 4.30. The van der Waals surface area contributed by atoms with Gasteiger partial charge in [-0.05, 0) is 36.4 Å². The van der Waals surface area contributed by atoms with Crippen LogP contribution in [0.15, 0.2) is 46.2 Å². The first-order chi connectivity index (χ1) is 12.9. The van der Waals surface area contributed by atoms with E-state index in [2.05, 4.69) is 0 Å². The van der Waals surface area contributed by atoms with Crippen LogP contribution in [0, 0.1) is 0 Å². The molecule has 0 aliphatic carbocycles. The van der Waals surface area contributed by atoms with E-state index in [0.717, 1.165) is 0 Å². The molecule has 2 rings (SSSR count). The topological polar surface area (TPSA) is 0 Å². The summed E-state index contributed by atoms with van der Waals surface area (Å²) in [5.41, 5.74) is -7.01. The molecule has 0 saturated carbocycles. The first kappa shape index (κ1) is 23.2. The summed E-state index contributed by atoms with van der Waals surface area (Å²) in [5, 5.41) is 0. The van der Waals surface area contributed by atoms with E-state index in [1.54, 1.807) is 0 Å². The van der Waals surface area contributed by atoms with Crippen molar-refractivity contribution in [1.29, 1.82) is 0 Å². The Morgan fingerprint density at radius 2 is 0.586 bits per heavy atom. The number of hydrogen-bond donors (Lipinski definition) is 0. The van der Waals surface area contributed by atoms with Crippen molar-refractivity contribution in [2.75, 3.05) is 0 Å². The van der Waals surface area contributed by atoms with Gasteiger partial charge in [0.1, 0.15) is 0 Å². The number of benzene rings is 2. The Labute approximate surface area is 158 Å². The van der Waals surface area contributed by atoms with Crippen LogP contribution in [0.3, 0.4) is 0 Å². The van der Waals surface area contributed by atoms with Gasteiger partial charge in [0.2, 0.25) is 0 Å². The average molecular weight is 458 g/mol. The fourth-order valence-corrected chi connectivity index (χ4v) is 3.12. The summed E-state index contributed by atoms with van der Waals surface area (Å²) >= 11 is -0.0913. The van der Waals surface area contributed by atoms with Gasteiger partial charge in [-0.25, -0.2) is 0 Å². The van der Waals surface area contributed by atoms with Crippen molar-refractivity contribution >= 4 is 11.8 Å². The van der Waals surface area contributed by atoms with Gasteiger partial charge in [-0.15, -0.1) is 0 Å². The molecule has 160 valence electrons. The summed E-state index contributed by atoms with van der Waals surface area (Å²) in [4.78, 5) is -1.67. The van der Waals surface area contributed by atoms with E-state index in [4.69, 9.17) is 0 Å². The predicted octanol–water partition coefficient (Wildman–Crippen LogP) is 7.91. The van der Waals surface area contributed by atoms with Crippen LogP contribution in [0.2, 0.25) is 0 Å². The fourth-order valence-electron chi connectivity index (χ4n) is 2.11. The van der Waals surface area contributed by atoms with Crippen molar-refractivity contribution < 1.29 is 52.7 Å². The Kier molecular flexibility index (Phi) is 5.87. The maximum Gasteiger partial charge on any atom is 0.416 e. The molecule has 29 heavy (non-hydrogen) atoms. The standard InChI is InChI=1S/C16H6F12S/c17-13(18,19)7-1-8(14(20,21)22)4-11(3-7)29-12-5-9(15(23,24)25)2-10(6-12)16(26,27)28/h1-6H. The number of halogens is 12. The number of alkyl halides is 12. The summed E-state index contributed by atoms with van der Waals surface area (Å²) in [6, 6.07) is 0.385. The molecule has 2 aromatic carbocycles. The lowest BCUT2D eigenvalue weighted by atomic mass is 10.1. The Morgan fingerprint density at radius 1 is 0.379 bits per heavy atom. The van der Waals surface area contributed by atoms with Gasteiger partial charge in [0.25, 0.3) is 0 Å². The molecule has 0 unspecified atom stereocenters. The molecule has 2 aromatic rings. The molecule has 0 radical (unpaired) electrons. The zero-order chi connectivity index (χ0) is 22.4. The van der Waals surface area contributed by atoms with Crippen LogP contribution in [0.1, 0.15) is 22.3 Å². The highest BCUT2D eigenvalue weighted by molar-refractivity contribution is 7.99. The van der Waals surface area contributed by atoms with Crippen molar-refractivity contribution in [3.8, 4) is 0 Å². The number of hydrogen-bond acceptors (Lipinski definition) is 1. The highest BCUT2D eigenvalue weighted by atomic mass is 32.2. The summed E-state index contributed by atoms with van der Waals surface area (Å²) < 4.78 is 154. The van der Waals surface area contributed by atoms with E-state index >= 15 is 0 Å². The predicted molar refractivity (Wildman–Crippen MR) is 77.0 cm³/mol. The van der Waals surface area contributed by atoms with Crippen molar-refractivity contribution in [2.24, 2.45) is 0 Å². The summed E-state index contributed by atoms with van der Waals surface area (Å²) in [5.74, 6) is 0. The van der Waals surface area contributed by atoms with Crippen LogP contribution in [-0.4, -0.2) is 0 Å². The molecule has 0 aromatic heterocycles. The van der Waals surface area contributed by atoms with Gasteiger partial charge in [0, 0.05) is 9.79 Å². The molecule has 0 saturated heterocycles. The second-order valence-corrected chi connectivity index (χ2v) is 6.73. The summed E-state index contributed by atoms with van der Waals surface area (Å²) in [6.07, 6.45) is -20.9. The highest BCUT2D eigenvalue weighted by Gasteiger charge is 2.38. The minimum atomic E-state index is -5.22. The molecule has 0 fully saturated rings. The molecular weight excluding hydrogens is 452 g/mol. The molecule has 0 atom stereocenters. The molecule has 0 aliphatic heterocycles. The second-order valence-electron chi connectivity index (χ2n) is 5.59. The third kappa shape index (κ3) is 5.97. The SMILES string of the molecule is FC(F)(F)c1cc(Sc2cc(C(F)(F)F)cc(C(F)(F)F)c2)cc(C(F)(F)F)c1. The summed E-state index contributed by atoms with van der Waals surface area (Å²) in [6.45, 7) is 0. The molecule has 0 spiro atoms. The Balaban J connectivity index is 2.61. The normalized spacial score (nSPS) is 13.7. The minimum Gasteiger partial charge on any atom is -0.166 e. The highest BCUT2D eigenvalue weighted by Crippen LogP contribution is 2.43. The molecule has 0 nitrogen and oxygen atoms in total. The Morgan fingerprint density at radius 3 is 0.759 bits per heavy atom. The zero-order valence-corrected chi connectivity index (χ0v) is 14.2. The van der Waals surface area contributed by atoms with E-state index in [1.807, 2.05) is 0 Å². The van der Waals surface area contributed by atoms with Gasteiger partial charge in [-0.2, -0.15) is 52.7 Å². The molecule has 0 heterocycles. The smallest absolute Gasteiger partial charge is 0.166 e. The number of rotatable bonds is 2. The van der Waals surface area contributed by atoms with Crippen molar-refractivity contribution in [1.82, 2.24) is 0 Å². The van der Waals surface area contributed by atoms with E-state index in [9.17, 15) is 52.7 Å². The van der Waals surface area contributed by atoms with Gasteiger partial charge in [0.05, 0.1) is 22.3 Å². The van der Waals surface area contributed by atoms with E-state index < -0.39 is 56.7 Å². The molecule has 0 bridgehead atoms. The van der Waals surface area contributed by atoms with Crippen LogP contribution < -0.4 is 0 Å². The lowest BCUT2D eigenvalue weighted by Crippen LogP contribution is -2.11. The van der Waals surface area contributed by atoms with Gasteiger partial charge < -0.3 is 0 Å². The average Bonchev–Trinajstić information content (AvgIpc) is 2.51. The maximum absolute atomic E-state index is 12.8. The van der Waals surface area contributed by atoms with Crippen LogP contribution >= 0.6 is 11.8 Å². The monoisotopic (exact) mass is 458 g/mol. The van der Waals surface area contributed by atoms with Crippen LogP contribution in [0.4, 0.5) is 52.7 Å². The first-order valence-corrected chi connectivity index (χ1v) is 7.96. The molecule has 0 aliphatic rings. The summed E-state index contributed by atoms with van der Waals surface area (Å²) in [7, 11) is 0. The van der Waals surface area contributed by atoms with Gasteiger partial charge >= 0.3 is 24.7 Å². The van der Waals surface area contributed by atoms with Crippen molar-refractivity contribution in [3.05, 3.63) is 58.7 Å². The van der Waals surface area contributed by atoms with E-state index in [0.29, 0.717) is 0 Å². The maximum atomic E-state index is 12.8. The van der Waals surface area contributed by atoms with Crippen LogP contribution in [-0.2, 0) is 24.7 Å². The fraction of sp³-hybridized carbons (Fsp3) is 0.250. The molecule has 0 N–H and O–H groups in total. The molecular formula is C16H6F12S. The quantitative estimate of drug-likeness (QED) is 0.412. The second kappa shape index (κ2) is 7.33. The molecule has 0 amide bonds. The van der Waals surface area contributed by atoms with Gasteiger partial charge in [0.15, 0.2) is 0 Å². The largest absolute Gasteiger partial charge is 0.416 e. The lowest BCUT2D eigenvalue weighted by molar-refractivity contribution is -0.144. The lowest BCUT2D eigenvalue weighted by Gasteiger charge is -2.16. The zero-order valence-electron chi connectivity index (χ0n) is 13.4. The minimum absolute atomic E-state index is 0.0913.